The topological polar surface area (TPSA) is 126 Å². The predicted octanol–water partition coefficient (Wildman–Crippen LogP) is -1.50. The van der Waals surface area contributed by atoms with Crippen molar-refractivity contribution < 1.29 is 39.4 Å². The average Bonchev–Trinajstić information content (AvgIpc) is 2.24. The van der Waals surface area contributed by atoms with Crippen LogP contribution in [-0.4, -0.2) is 57.3 Å². The average molecular weight is 262 g/mol. The first-order chi connectivity index (χ1) is 8.45. The van der Waals surface area contributed by atoms with Gasteiger partial charge in [0.15, 0.2) is 6.29 Å². The molecule has 0 amide bonds. The molecule has 2 heterocycles. The van der Waals surface area contributed by atoms with Crippen molar-refractivity contribution in [1.29, 1.82) is 0 Å². The summed E-state index contributed by atoms with van der Waals surface area (Å²) in [7, 11) is 0. The molecule has 0 aromatic heterocycles. The lowest BCUT2D eigenvalue weighted by molar-refractivity contribution is -0.260. The first-order valence-electron chi connectivity index (χ1n) is 5.43. The smallest absolute Gasteiger partial charge is 0.341 e. The molecule has 0 bridgehead atoms. The van der Waals surface area contributed by atoms with Crippen LogP contribution in [0.1, 0.15) is 12.8 Å². The van der Waals surface area contributed by atoms with Crippen LogP contribution in [-0.2, 0) is 19.0 Å². The summed E-state index contributed by atoms with van der Waals surface area (Å²) in [5.41, 5.74) is 0. The summed E-state index contributed by atoms with van der Waals surface area (Å²) >= 11 is 0. The maximum atomic E-state index is 11.0. The number of cyclic esters (lactones) is 1. The van der Waals surface area contributed by atoms with Crippen molar-refractivity contribution in [3.63, 3.8) is 0 Å². The molecule has 8 nitrogen and oxygen atoms in total. The zero-order valence-electron chi connectivity index (χ0n) is 9.30. The molecule has 0 aromatic carbocycles. The van der Waals surface area contributed by atoms with E-state index in [0.29, 0.717) is 0 Å². The van der Waals surface area contributed by atoms with Gasteiger partial charge < -0.3 is 34.6 Å². The van der Waals surface area contributed by atoms with Gasteiger partial charge in [-0.15, -0.1) is 0 Å². The maximum absolute atomic E-state index is 11.0. The maximum Gasteiger partial charge on any atom is 0.341 e. The number of esters is 1. The van der Waals surface area contributed by atoms with Crippen LogP contribution in [0.25, 0.3) is 0 Å². The largest absolute Gasteiger partial charge is 0.481 e. The van der Waals surface area contributed by atoms with E-state index in [9.17, 15) is 20.1 Å². The molecule has 1 saturated heterocycles. The Morgan fingerprint density at radius 2 is 2.00 bits per heavy atom. The molecule has 1 fully saturated rings. The summed E-state index contributed by atoms with van der Waals surface area (Å²) in [6, 6.07) is 0. The van der Waals surface area contributed by atoms with E-state index in [1.165, 1.54) is 0 Å². The van der Waals surface area contributed by atoms with E-state index in [1.54, 1.807) is 0 Å². The van der Waals surface area contributed by atoms with Gasteiger partial charge in [0.1, 0.15) is 12.2 Å². The van der Waals surface area contributed by atoms with E-state index in [0.717, 1.165) is 6.08 Å². The lowest BCUT2D eigenvalue weighted by atomic mass is 10.0. The monoisotopic (exact) mass is 262 g/mol. The van der Waals surface area contributed by atoms with Crippen molar-refractivity contribution in [2.75, 3.05) is 0 Å². The Morgan fingerprint density at radius 1 is 1.28 bits per heavy atom. The molecule has 0 aliphatic carbocycles. The fourth-order valence-electron chi connectivity index (χ4n) is 1.85. The molecule has 5 atom stereocenters. The minimum absolute atomic E-state index is 0.0183. The summed E-state index contributed by atoms with van der Waals surface area (Å²) in [5.74, 6) is -1.31. The summed E-state index contributed by atoms with van der Waals surface area (Å²) in [5, 5.41) is 37.1. The van der Waals surface area contributed by atoms with Crippen LogP contribution < -0.4 is 0 Å². The van der Waals surface area contributed by atoms with Gasteiger partial charge in [-0.3, -0.25) is 0 Å². The van der Waals surface area contributed by atoms with Gasteiger partial charge in [-0.05, 0) is 0 Å². The number of aliphatic hydroxyl groups is 4. The second kappa shape index (κ2) is 5.11. The number of rotatable bonds is 2. The molecule has 2 aliphatic heterocycles. The number of hydrogen-bond acceptors (Lipinski definition) is 8. The molecule has 0 spiro atoms. The Balaban J connectivity index is 1.91. The Labute approximate surface area is 102 Å². The van der Waals surface area contributed by atoms with E-state index in [1.807, 2.05) is 0 Å². The SMILES string of the molecule is O=C1C=C(O)OC(C[C@@H]2C[C@H](O)[C@H](O)C(O)O2)O1. The molecule has 4 N–H and O–H groups in total. The van der Waals surface area contributed by atoms with Crippen LogP contribution in [0, 0.1) is 0 Å². The Bertz CT molecular complexity index is 342. The van der Waals surface area contributed by atoms with Gasteiger partial charge in [-0.2, -0.15) is 0 Å². The molecule has 0 aromatic rings. The highest BCUT2D eigenvalue weighted by Crippen LogP contribution is 2.24. The van der Waals surface area contributed by atoms with Gasteiger partial charge in [-0.25, -0.2) is 4.79 Å². The van der Waals surface area contributed by atoms with Crippen LogP contribution >= 0.6 is 0 Å². The van der Waals surface area contributed by atoms with Crippen LogP contribution in [0.3, 0.4) is 0 Å². The summed E-state index contributed by atoms with van der Waals surface area (Å²) in [6.07, 6.45) is -4.88. The van der Waals surface area contributed by atoms with Crippen molar-refractivity contribution in [2.24, 2.45) is 0 Å². The van der Waals surface area contributed by atoms with E-state index in [-0.39, 0.29) is 12.8 Å². The molecule has 0 radical (unpaired) electrons. The minimum Gasteiger partial charge on any atom is -0.481 e. The van der Waals surface area contributed by atoms with Gasteiger partial charge in [0, 0.05) is 12.8 Å². The predicted molar refractivity (Wildman–Crippen MR) is 53.8 cm³/mol. The van der Waals surface area contributed by atoms with Crippen molar-refractivity contribution in [3.8, 4) is 0 Å². The van der Waals surface area contributed by atoms with Gasteiger partial charge in [0.05, 0.1) is 12.2 Å². The molecular formula is C10H14O8. The lowest BCUT2D eigenvalue weighted by Crippen LogP contribution is -2.49. The van der Waals surface area contributed by atoms with E-state index in [4.69, 9.17) is 19.3 Å². The molecule has 2 unspecified atom stereocenters. The third-order valence-corrected chi connectivity index (χ3v) is 2.72. The van der Waals surface area contributed by atoms with Crippen LogP contribution in [0.15, 0.2) is 12.0 Å². The standard InChI is InChI=1S/C10H14O8/c11-5-1-4(16-10(15)9(5)14)2-8-17-6(12)3-7(13)18-8/h3-5,8-12,14-15H,1-2H2/t4-,5-,8?,9-,10?/m0/s1. The first kappa shape index (κ1) is 13.1. The number of carbonyl (C=O) groups excluding carboxylic acids is 1. The Hall–Kier alpha value is -1.35. The van der Waals surface area contributed by atoms with E-state index < -0.39 is 42.8 Å². The second-order valence-corrected chi connectivity index (χ2v) is 4.14. The van der Waals surface area contributed by atoms with Crippen LogP contribution in [0.5, 0.6) is 0 Å². The molecule has 2 rings (SSSR count). The van der Waals surface area contributed by atoms with Gasteiger partial charge in [0.25, 0.3) is 5.95 Å². The Morgan fingerprint density at radius 3 is 2.61 bits per heavy atom. The highest BCUT2D eigenvalue weighted by atomic mass is 16.7. The molecule has 18 heavy (non-hydrogen) atoms. The third kappa shape index (κ3) is 2.91. The summed E-state index contributed by atoms with van der Waals surface area (Å²) in [4.78, 5) is 11.0. The number of aliphatic hydroxyl groups excluding tert-OH is 4. The van der Waals surface area contributed by atoms with Gasteiger partial charge in [-0.1, -0.05) is 0 Å². The molecule has 8 heteroatoms. The number of ether oxygens (including phenoxy) is 3. The van der Waals surface area contributed by atoms with Gasteiger partial charge in [0.2, 0.25) is 6.29 Å². The van der Waals surface area contributed by atoms with Crippen molar-refractivity contribution in [2.45, 2.75) is 43.7 Å². The highest BCUT2D eigenvalue weighted by molar-refractivity contribution is 5.82. The van der Waals surface area contributed by atoms with E-state index >= 15 is 0 Å². The normalized spacial score (nSPS) is 40.7. The first-order valence-corrected chi connectivity index (χ1v) is 5.43. The lowest BCUT2D eigenvalue weighted by Gasteiger charge is -2.35. The third-order valence-electron chi connectivity index (χ3n) is 2.72. The summed E-state index contributed by atoms with van der Waals surface area (Å²) in [6.45, 7) is 0. The van der Waals surface area contributed by atoms with E-state index in [2.05, 4.69) is 0 Å². The van der Waals surface area contributed by atoms with Gasteiger partial charge >= 0.3 is 5.97 Å². The zero-order chi connectivity index (χ0) is 13.3. The summed E-state index contributed by atoms with van der Waals surface area (Å²) < 4.78 is 14.6. The molecule has 102 valence electrons. The van der Waals surface area contributed by atoms with Crippen molar-refractivity contribution >= 4 is 5.97 Å². The fraction of sp³-hybridized carbons (Fsp3) is 0.700. The van der Waals surface area contributed by atoms with Crippen molar-refractivity contribution in [3.05, 3.63) is 12.0 Å². The number of hydrogen-bond donors (Lipinski definition) is 4. The van der Waals surface area contributed by atoms with Crippen molar-refractivity contribution in [1.82, 2.24) is 0 Å². The molecule has 2 aliphatic rings. The zero-order valence-corrected chi connectivity index (χ0v) is 9.30. The number of carbonyl (C=O) groups is 1. The molecule has 0 saturated carbocycles. The minimum atomic E-state index is -1.51. The highest BCUT2D eigenvalue weighted by Gasteiger charge is 2.38. The fourth-order valence-corrected chi connectivity index (χ4v) is 1.85. The second-order valence-electron chi connectivity index (χ2n) is 4.14. The van der Waals surface area contributed by atoms with Crippen LogP contribution in [0.2, 0.25) is 0 Å². The Kier molecular flexibility index (Phi) is 3.71. The quantitative estimate of drug-likeness (QED) is 0.443. The van der Waals surface area contributed by atoms with Crippen LogP contribution in [0.4, 0.5) is 0 Å². The molecular weight excluding hydrogens is 248 g/mol.